The van der Waals surface area contributed by atoms with Crippen molar-refractivity contribution in [2.45, 2.75) is 43.4 Å². The molecule has 2 saturated heterocycles. The summed E-state index contributed by atoms with van der Waals surface area (Å²) in [5, 5.41) is 0. The second kappa shape index (κ2) is 9.17. The molecule has 34 heavy (non-hydrogen) atoms. The van der Waals surface area contributed by atoms with Crippen molar-refractivity contribution in [3.8, 4) is 0 Å². The first-order valence-corrected chi connectivity index (χ1v) is 15.2. The van der Waals surface area contributed by atoms with Gasteiger partial charge in [-0.15, -0.1) is 0 Å². The molecule has 0 amide bonds. The van der Waals surface area contributed by atoms with Gasteiger partial charge in [-0.05, 0) is 54.7 Å². The van der Waals surface area contributed by atoms with E-state index in [9.17, 15) is 12.6 Å². The Morgan fingerprint density at radius 1 is 1.12 bits per heavy atom. The predicted octanol–water partition coefficient (Wildman–Crippen LogP) is 4.36. The van der Waals surface area contributed by atoms with Gasteiger partial charge in [0.2, 0.25) is 0 Å². The molecule has 2 aliphatic rings. The smallest absolute Gasteiger partial charge is 0.264 e. The summed E-state index contributed by atoms with van der Waals surface area (Å²) < 4.78 is 55.8. The summed E-state index contributed by atoms with van der Waals surface area (Å²) in [7, 11) is -7.08. The van der Waals surface area contributed by atoms with Crippen molar-refractivity contribution in [3.05, 3.63) is 48.0 Å². The summed E-state index contributed by atoms with van der Waals surface area (Å²) in [5.41, 5.74) is 2.55. The molecule has 9 heteroatoms. The van der Waals surface area contributed by atoms with Crippen molar-refractivity contribution < 1.29 is 17.4 Å². The summed E-state index contributed by atoms with van der Waals surface area (Å²) in [4.78, 5) is 2.47. The molecule has 1 spiro atoms. The lowest BCUT2D eigenvalue weighted by Crippen LogP contribution is -2.44. The molecule has 2 aromatic carbocycles. The summed E-state index contributed by atoms with van der Waals surface area (Å²) in [5.74, 6) is 0.108. The van der Waals surface area contributed by atoms with Crippen LogP contribution in [0.4, 0.5) is 11.4 Å². The van der Waals surface area contributed by atoms with Gasteiger partial charge < -0.3 is 9.64 Å². The summed E-state index contributed by atoms with van der Waals surface area (Å²) >= 11 is 0. The van der Waals surface area contributed by atoms with Crippen LogP contribution in [-0.4, -0.2) is 51.7 Å². The zero-order chi connectivity index (χ0) is 24.7. The minimum atomic E-state index is -3.92. The highest BCUT2D eigenvalue weighted by molar-refractivity contribution is 7.93. The van der Waals surface area contributed by atoms with E-state index >= 15 is 0 Å². The van der Waals surface area contributed by atoms with Crippen LogP contribution in [0.25, 0.3) is 0 Å². The summed E-state index contributed by atoms with van der Waals surface area (Å²) in [6.45, 7) is 9.32. The molecule has 1 N–H and O–H groups in total. The lowest BCUT2D eigenvalue weighted by Gasteiger charge is -2.38. The number of sulfonamides is 1. The average Bonchev–Trinajstić information content (AvgIpc) is 3.23. The van der Waals surface area contributed by atoms with Gasteiger partial charge >= 0.3 is 0 Å². The molecule has 4 rings (SSSR count). The van der Waals surface area contributed by atoms with E-state index in [1.807, 2.05) is 38.1 Å². The van der Waals surface area contributed by atoms with Crippen LogP contribution in [0.3, 0.4) is 0 Å². The van der Waals surface area contributed by atoms with Crippen LogP contribution in [0.1, 0.15) is 32.8 Å². The van der Waals surface area contributed by atoms with Crippen molar-refractivity contribution in [3.63, 3.8) is 0 Å². The molecule has 2 aliphatic heterocycles. The number of hydrogen-bond donors (Lipinski definition) is 1. The maximum Gasteiger partial charge on any atom is 0.264 e. The highest BCUT2D eigenvalue weighted by atomic mass is 32.2. The van der Waals surface area contributed by atoms with Gasteiger partial charge in [-0.25, -0.2) is 17.4 Å². The van der Waals surface area contributed by atoms with E-state index in [2.05, 4.69) is 11.8 Å². The number of rotatable bonds is 8. The Morgan fingerprint density at radius 2 is 1.79 bits per heavy atom. The SMILES string of the molecule is CCc1ccc(N(CC(C)C)S(=O)(=O)c2ccc(N3CCC4(COC4)C3)c(S(C)(=N)=O)c2)cc1. The van der Waals surface area contributed by atoms with E-state index in [0.717, 1.165) is 31.5 Å². The minimum absolute atomic E-state index is 0.0641. The molecule has 2 fully saturated rings. The molecular weight excluding hydrogens is 470 g/mol. The molecular formula is C25H35N3O4S2. The van der Waals surface area contributed by atoms with Crippen molar-refractivity contribution in [2.24, 2.45) is 11.3 Å². The topological polar surface area (TPSA) is 90.8 Å². The van der Waals surface area contributed by atoms with E-state index in [0.29, 0.717) is 31.1 Å². The Balaban J connectivity index is 1.75. The van der Waals surface area contributed by atoms with E-state index in [1.54, 1.807) is 12.1 Å². The van der Waals surface area contributed by atoms with Gasteiger partial charge in [-0.2, -0.15) is 0 Å². The molecule has 1 unspecified atom stereocenters. The van der Waals surface area contributed by atoms with Gasteiger partial charge in [-0.1, -0.05) is 32.9 Å². The fourth-order valence-electron chi connectivity index (χ4n) is 4.69. The van der Waals surface area contributed by atoms with Gasteiger partial charge in [0, 0.05) is 31.3 Å². The van der Waals surface area contributed by atoms with Crippen LogP contribution in [0.5, 0.6) is 0 Å². The lowest BCUT2D eigenvalue weighted by molar-refractivity contribution is -0.0985. The van der Waals surface area contributed by atoms with Gasteiger partial charge in [0.1, 0.15) is 0 Å². The van der Waals surface area contributed by atoms with Crippen LogP contribution < -0.4 is 9.21 Å². The summed E-state index contributed by atoms with van der Waals surface area (Å²) in [6, 6.07) is 12.3. The third-order valence-corrected chi connectivity index (χ3v) is 9.65. The van der Waals surface area contributed by atoms with Crippen LogP contribution in [0.2, 0.25) is 0 Å². The maximum atomic E-state index is 13.8. The highest BCUT2D eigenvalue weighted by Crippen LogP contribution is 2.41. The van der Waals surface area contributed by atoms with Crippen molar-refractivity contribution in [1.29, 1.82) is 4.78 Å². The first-order valence-electron chi connectivity index (χ1n) is 11.8. The second-order valence-electron chi connectivity index (χ2n) is 10.1. The fourth-order valence-corrected chi connectivity index (χ4v) is 7.37. The zero-order valence-corrected chi connectivity index (χ0v) is 22.0. The molecule has 0 aromatic heterocycles. The van der Waals surface area contributed by atoms with E-state index in [-0.39, 0.29) is 21.1 Å². The number of aryl methyl sites for hydroxylation is 1. The van der Waals surface area contributed by atoms with Gasteiger partial charge in [0.15, 0.2) is 0 Å². The van der Waals surface area contributed by atoms with Gasteiger partial charge in [0.05, 0.1) is 44.1 Å². The fraction of sp³-hybridized carbons (Fsp3) is 0.520. The monoisotopic (exact) mass is 505 g/mol. The highest BCUT2D eigenvalue weighted by Gasteiger charge is 2.45. The third kappa shape index (κ3) is 4.83. The largest absolute Gasteiger partial charge is 0.380 e. The van der Waals surface area contributed by atoms with Crippen LogP contribution in [0, 0.1) is 16.1 Å². The molecule has 0 radical (unpaired) electrons. The quantitative estimate of drug-likeness (QED) is 0.576. The number of nitrogens with zero attached hydrogens (tertiary/aromatic N) is 2. The number of nitrogens with one attached hydrogen (secondary N) is 1. The number of anilines is 2. The lowest BCUT2D eigenvalue weighted by atomic mass is 9.85. The molecule has 7 nitrogen and oxygen atoms in total. The molecule has 0 bridgehead atoms. The van der Waals surface area contributed by atoms with E-state index in [1.165, 1.54) is 16.6 Å². The first kappa shape index (κ1) is 25.0. The maximum absolute atomic E-state index is 13.8. The Morgan fingerprint density at radius 3 is 2.29 bits per heavy atom. The van der Waals surface area contributed by atoms with Crippen molar-refractivity contribution in [1.82, 2.24) is 0 Å². The van der Waals surface area contributed by atoms with Crippen molar-refractivity contribution >= 4 is 31.1 Å². The van der Waals surface area contributed by atoms with Gasteiger partial charge in [0.25, 0.3) is 10.0 Å². The Hall–Kier alpha value is -2.10. The summed E-state index contributed by atoms with van der Waals surface area (Å²) in [6.07, 6.45) is 3.21. The number of benzene rings is 2. The van der Waals surface area contributed by atoms with Crippen LogP contribution in [0.15, 0.2) is 52.3 Å². The second-order valence-corrected chi connectivity index (χ2v) is 14.1. The third-order valence-electron chi connectivity index (χ3n) is 6.70. The Kier molecular flexibility index (Phi) is 6.74. The molecule has 0 aliphatic carbocycles. The Bertz CT molecular complexity index is 1250. The molecule has 1 atom stereocenters. The molecule has 2 heterocycles. The standard InChI is InChI=1S/C25H35N3O4S2/c1-5-20-6-8-21(9-7-20)28(15-19(2)3)34(30,31)22-10-11-23(24(14-22)33(4,26)29)27-13-12-25(16-27)17-32-18-25/h6-11,14,19,26H,5,12-13,15-18H2,1-4H3. The molecule has 186 valence electrons. The van der Waals surface area contributed by atoms with E-state index < -0.39 is 19.8 Å². The zero-order valence-electron chi connectivity index (χ0n) is 20.4. The number of ether oxygens (including phenoxy) is 1. The van der Waals surface area contributed by atoms with Crippen LogP contribution >= 0.6 is 0 Å². The first-order chi connectivity index (χ1) is 15.9. The van der Waals surface area contributed by atoms with E-state index in [4.69, 9.17) is 9.52 Å². The van der Waals surface area contributed by atoms with Crippen LogP contribution in [-0.2, 0) is 30.9 Å². The predicted molar refractivity (Wildman–Crippen MR) is 137 cm³/mol. The average molecular weight is 506 g/mol. The molecule has 0 saturated carbocycles. The van der Waals surface area contributed by atoms with Crippen molar-refractivity contribution in [2.75, 3.05) is 48.3 Å². The normalized spacial score (nSPS) is 19.3. The molecule has 2 aromatic rings. The van der Waals surface area contributed by atoms with Gasteiger partial charge in [-0.3, -0.25) is 4.31 Å². The number of hydrogen-bond acceptors (Lipinski definition) is 6. The minimum Gasteiger partial charge on any atom is -0.380 e. The Labute approximate surface area is 204 Å².